The Hall–Kier alpha value is -1.37. The van der Waals surface area contributed by atoms with Gasteiger partial charge in [0, 0.05) is 16.2 Å². The van der Waals surface area contributed by atoms with E-state index in [-0.39, 0.29) is 10.9 Å². The number of halogens is 1. The predicted molar refractivity (Wildman–Crippen MR) is 88.5 cm³/mol. The molecule has 3 N–H and O–H groups in total. The van der Waals surface area contributed by atoms with Gasteiger partial charge >= 0.3 is 0 Å². The second kappa shape index (κ2) is 6.17. The second-order valence-corrected chi connectivity index (χ2v) is 7.48. The van der Waals surface area contributed by atoms with E-state index in [0.29, 0.717) is 10.2 Å². The van der Waals surface area contributed by atoms with Gasteiger partial charge in [-0.15, -0.1) is 0 Å². The van der Waals surface area contributed by atoms with Crippen LogP contribution in [0.15, 0.2) is 51.8 Å². The van der Waals surface area contributed by atoms with Crippen LogP contribution in [0.4, 0.5) is 5.69 Å². The molecular formula is C15H17BrN2O2S. The zero-order valence-electron chi connectivity index (χ0n) is 11.8. The van der Waals surface area contributed by atoms with Gasteiger partial charge in [0.05, 0.1) is 4.90 Å². The Morgan fingerprint density at radius 1 is 1.14 bits per heavy atom. The van der Waals surface area contributed by atoms with E-state index in [1.807, 2.05) is 19.1 Å². The van der Waals surface area contributed by atoms with Gasteiger partial charge in [-0.05, 0) is 65.2 Å². The topological polar surface area (TPSA) is 72.2 Å². The van der Waals surface area contributed by atoms with Crippen molar-refractivity contribution in [1.29, 1.82) is 0 Å². The van der Waals surface area contributed by atoms with Gasteiger partial charge in [-0.2, -0.15) is 0 Å². The first-order valence-corrected chi connectivity index (χ1v) is 8.71. The lowest BCUT2D eigenvalue weighted by Gasteiger charge is -2.16. The van der Waals surface area contributed by atoms with Crippen molar-refractivity contribution >= 4 is 31.6 Å². The van der Waals surface area contributed by atoms with Crippen molar-refractivity contribution in [3.05, 3.63) is 58.1 Å². The highest BCUT2D eigenvalue weighted by Gasteiger charge is 2.20. The van der Waals surface area contributed by atoms with Gasteiger partial charge in [-0.3, -0.25) is 0 Å². The van der Waals surface area contributed by atoms with Crippen LogP contribution in [0.25, 0.3) is 0 Å². The normalized spacial score (nSPS) is 13.1. The SMILES string of the molecule is Cc1ccc(S(=O)(=O)NC(C)c2ccc(N)cc2)c(Br)c1. The molecule has 1 atom stereocenters. The quantitative estimate of drug-likeness (QED) is 0.812. The highest BCUT2D eigenvalue weighted by Crippen LogP contribution is 2.25. The molecule has 0 saturated carbocycles. The molecular weight excluding hydrogens is 352 g/mol. The molecule has 0 aliphatic carbocycles. The maximum atomic E-state index is 12.4. The lowest BCUT2D eigenvalue weighted by molar-refractivity contribution is 0.566. The summed E-state index contributed by atoms with van der Waals surface area (Å²) >= 11 is 3.30. The lowest BCUT2D eigenvalue weighted by Crippen LogP contribution is -2.27. The summed E-state index contributed by atoms with van der Waals surface area (Å²) in [5.74, 6) is 0. The summed E-state index contributed by atoms with van der Waals surface area (Å²) < 4.78 is 28.1. The number of rotatable bonds is 4. The molecule has 0 bridgehead atoms. The molecule has 6 heteroatoms. The minimum absolute atomic E-state index is 0.232. The summed E-state index contributed by atoms with van der Waals surface area (Å²) in [7, 11) is -3.59. The van der Waals surface area contributed by atoms with Crippen molar-refractivity contribution in [2.75, 3.05) is 5.73 Å². The second-order valence-electron chi connectivity index (χ2n) is 4.94. The van der Waals surface area contributed by atoms with Crippen LogP contribution in [0.2, 0.25) is 0 Å². The molecule has 1 unspecified atom stereocenters. The minimum Gasteiger partial charge on any atom is -0.399 e. The van der Waals surface area contributed by atoms with Crippen molar-refractivity contribution in [3.63, 3.8) is 0 Å². The number of nitrogen functional groups attached to an aromatic ring is 1. The Morgan fingerprint density at radius 2 is 1.76 bits per heavy atom. The molecule has 0 spiro atoms. The Kier molecular flexibility index (Phi) is 4.70. The van der Waals surface area contributed by atoms with Gasteiger partial charge < -0.3 is 5.73 Å². The largest absolute Gasteiger partial charge is 0.399 e. The van der Waals surface area contributed by atoms with Gasteiger partial charge in [0.15, 0.2) is 0 Å². The van der Waals surface area contributed by atoms with E-state index in [1.165, 1.54) is 0 Å². The van der Waals surface area contributed by atoms with E-state index in [1.54, 1.807) is 37.3 Å². The number of hydrogen-bond donors (Lipinski definition) is 2. The van der Waals surface area contributed by atoms with Crippen molar-refractivity contribution in [1.82, 2.24) is 4.72 Å². The zero-order valence-corrected chi connectivity index (χ0v) is 14.2. The molecule has 2 aromatic rings. The molecule has 0 aromatic heterocycles. The fourth-order valence-corrected chi connectivity index (χ4v) is 4.40. The van der Waals surface area contributed by atoms with E-state index in [2.05, 4.69) is 20.7 Å². The molecule has 112 valence electrons. The number of nitrogens with one attached hydrogen (secondary N) is 1. The third kappa shape index (κ3) is 3.84. The molecule has 21 heavy (non-hydrogen) atoms. The first kappa shape index (κ1) is 16.0. The zero-order chi connectivity index (χ0) is 15.6. The van der Waals surface area contributed by atoms with Crippen LogP contribution in [0, 0.1) is 6.92 Å². The van der Waals surface area contributed by atoms with Crippen molar-refractivity contribution in [2.45, 2.75) is 24.8 Å². The van der Waals surface area contributed by atoms with Gasteiger partial charge in [-0.1, -0.05) is 18.2 Å². The summed E-state index contributed by atoms with van der Waals surface area (Å²) in [5, 5.41) is 0. The number of sulfonamides is 1. The number of aryl methyl sites for hydroxylation is 1. The Bertz CT molecular complexity index is 743. The van der Waals surface area contributed by atoms with Gasteiger partial charge in [0.1, 0.15) is 0 Å². The average Bonchev–Trinajstić information content (AvgIpc) is 2.38. The number of benzene rings is 2. The first-order valence-electron chi connectivity index (χ1n) is 6.43. The maximum absolute atomic E-state index is 12.4. The van der Waals surface area contributed by atoms with E-state index in [4.69, 9.17) is 5.73 Å². The first-order chi connectivity index (χ1) is 9.79. The van der Waals surface area contributed by atoms with Crippen LogP contribution in [0.3, 0.4) is 0 Å². The summed E-state index contributed by atoms with van der Waals surface area (Å²) in [6.45, 7) is 3.71. The maximum Gasteiger partial charge on any atom is 0.242 e. The Balaban J connectivity index is 2.26. The van der Waals surface area contributed by atoms with Crippen LogP contribution in [0.5, 0.6) is 0 Å². The number of hydrogen-bond acceptors (Lipinski definition) is 3. The summed E-state index contributed by atoms with van der Waals surface area (Å²) in [4.78, 5) is 0.232. The van der Waals surface area contributed by atoms with E-state index >= 15 is 0 Å². The standard InChI is InChI=1S/C15H17BrN2O2S/c1-10-3-8-15(14(16)9-10)21(19,20)18-11(2)12-4-6-13(17)7-5-12/h3-9,11,18H,17H2,1-2H3. The Labute approximate surface area is 133 Å². The van der Waals surface area contributed by atoms with Crippen molar-refractivity contribution in [2.24, 2.45) is 0 Å². The van der Waals surface area contributed by atoms with Gasteiger partial charge in [0.2, 0.25) is 10.0 Å². The summed E-state index contributed by atoms with van der Waals surface area (Å²) in [6.07, 6.45) is 0. The number of anilines is 1. The average molecular weight is 369 g/mol. The lowest BCUT2D eigenvalue weighted by atomic mass is 10.1. The third-order valence-corrected chi connectivity index (χ3v) is 5.66. The van der Waals surface area contributed by atoms with Crippen LogP contribution in [-0.4, -0.2) is 8.42 Å². The number of nitrogens with two attached hydrogens (primary N) is 1. The van der Waals surface area contributed by atoms with Crippen LogP contribution in [0.1, 0.15) is 24.1 Å². The molecule has 0 heterocycles. The fraction of sp³-hybridized carbons (Fsp3) is 0.200. The van der Waals surface area contributed by atoms with Crippen LogP contribution >= 0.6 is 15.9 Å². The van der Waals surface area contributed by atoms with Gasteiger partial charge in [0.25, 0.3) is 0 Å². The molecule has 0 radical (unpaired) electrons. The van der Waals surface area contributed by atoms with Crippen molar-refractivity contribution in [3.8, 4) is 0 Å². The molecule has 0 saturated heterocycles. The van der Waals surface area contributed by atoms with Gasteiger partial charge in [-0.25, -0.2) is 13.1 Å². The molecule has 0 amide bonds. The fourth-order valence-electron chi connectivity index (χ4n) is 1.97. The molecule has 0 aliphatic heterocycles. The van der Waals surface area contributed by atoms with E-state index in [9.17, 15) is 8.42 Å². The van der Waals surface area contributed by atoms with E-state index in [0.717, 1.165) is 11.1 Å². The van der Waals surface area contributed by atoms with Crippen LogP contribution in [-0.2, 0) is 10.0 Å². The molecule has 0 fully saturated rings. The molecule has 4 nitrogen and oxygen atoms in total. The highest BCUT2D eigenvalue weighted by atomic mass is 79.9. The third-order valence-electron chi connectivity index (χ3n) is 3.15. The Morgan fingerprint density at radius 3 is 2.33 bits per heavy atom. The monoisotopic (exact) mass is 368 g/mol. The molecule has 0 aliphatic rings. The molecule has 2 rings (SSSR count). The minimum atomic E-state index is -3.59. The highest BCUT2D eigenvalue weighted by molar-refractivity contribution is 9.10. The molecule has 2 aromatic carbocycles. The smallest absolute Gasteiger partial charge is 0.242 e. The predicted octanol–water partition coefficient (Wildman–Crippen LogP) is 3.38. The van der Waals surface area contributed by atoms with E-state index < -0.39 is 10.0 Å². The van der Waals surface area contributed by atoms with Crippen LogP contribution < -0.4 is 10.5 Å². The summed E-state index contributed by atoms with van der Waals surface area (Å²) in [6, 6.07) is 11.9. The van der Waals surface area contributed by atoms with Crippen molar-refractivity contribution < 1.29 is 8.42 Å². The summed E-state index contributed by atoms with van der Waals surface area (Å²) in [5.41, 5.74) is 8.13.